The minimum absolute atomic E-state index is 0.168. The first-order valence-electron chi connectivity index (χ1n) is 6.68. The van der Waals surface area contributed by atoms with E-state index >= 15 is 0 Å². The average Bonchev–Trinajstić information content (AvgIpc) is 2.80. The fraction of sp³-hybridized carbons (Fsp3) is 0.923. The van der Waals surface area contributed by atoms with Gasteiger partial charge in [-0.15, -0.1) is 0 Å². The van der Waals surface area contributed by atoms with Gasteiger partial charge in [0, 0.05) is 19.0 Å². The van der Waals surface area contributed by atoms with Gasteiger partial charge in [0.1, 0.15) is 0 Å². The number of nitrogens with one attached hydrogen (secondary N) is 1. The van der Waals surface area contributed by atoms with Gasteiger partial charge < -0.3 is 15.3 Å². The number of nitrogens with zero attached hydrogens (tertiary/aromatic N) is 1. The standard InChI is InChI=1S/C13H24N2O2/c1-4-14-13(2,3)12(17)15-7-9-5-6-11(16)10(9)8-15/h9-11,14,16H,4-8H2,1-3H3. The quantitative estimate of drug-likeness (QED) is 0.760. The van der Waals surface area contributed by atoms with Crippen molar-refractivity contribution in [3.63, 3.8) is 0 Å². The molecule has 0 aromatic rings. The smallest absolute Gasteiger partial charge is 0.242 e. The molecule has 1 heterocycles. The van der Waals surface area contributed by atoms with Crippen LogP contribution in [-0.2, 0) is 4.79 Å². The summed E-state index contributed by atoms with van der Waals surface area (Å²) < 4.78 is 0. The molecule has 2 rings (SSSR count). The van der Waals surface area contributed by atoms with Crippen LogP contribution < -0.4 is 5.32 Å². The van der Waals surface area contributed by atoms with Crippen molar-refractivity contribution in [3.8, 4) is 0 Å². The van der Waals surface area contributed by atoms with Crippen LogP contribution >= 0.6 is 0 Å². The molecule has 1 aliphatic heterocycles. The van der Waals surface area contributed by atoms with E-state index in [2.05, 4.69) is 5.32 Å². The SMILES string of the molecule is CCNC(C)(C)C(=O)N1CC2CCC(O)C2C1. The largest absolute Gasteiger partial charge is 0.393 e. The van der Waals surface area contributed by atoms with Crippen molar-refractivity contribution in [3.05, 3.63) is 0 Å². The molecule has 17 heavy (non-hydrogen) atoms. The van der Waals surface area contributed by atoms with Crippen LogP contribution in [0.2, 0.25) is 0 Å². The average molecular weight is 240 g/mol. The van der Waals surface area contributed by atoms with Crippen molar-refractivity contribution < 1.29 is 9.90 Å². The predicted molar refractivity (Wildman–Crippen MR) is 66.6 cm³/mol. The van der Waals surface area contributed by atoms with Crippen molar-refractivity contribution in [1.29, 1.82) is 0 Å². The third-order valence-electron chi connectivity index (χ3n) is 4.26. The Hall–Kier alpha value is -0.610. The molecular formula is C13H24N2O2. The molecule has 2 aliphatic rings. The van der Waals surface area contributed by atoms with Crippen molar-refractivity contribution in [2.45, 2.75) is 45.3 Å². The molecule has 0 aromatic carbocycles. The molecule has 1 saturated heterocycles. The third-order valence-corrected chi connectivity index (χ3v) is 4.26. The Balaban J connectivity index is 1.99. The summed E-state index contributed by atoms with van der Waals surface area (Å²) in [5, 5.41) is 13.1. The van der Waals surface area contributed by atoms with E-state index in [0.717, 1.165) is 32.5 Å². The Kier molecular flexibility index (Phi) is 3.46. The Labute approximate surface area is 103 Å². The second-order valence-electron chi connectivity index (χ2n) is 5.93. The lowest BCUT2D eigenvalue weighted by Crippen LogP contribution is -2.53. The molecule has 0 radical (unpaired) electrons. The number of rotatable bonds is 3. The number of likely N-dealkylation sites (tertiary alicyclic amines) is 1. The molecule has 1 aliphatic carbocycles. The van der Waals surface area contributed by atoms with Crippen molar-refractivity contribution in [2.24, 2.45) is 11.8 Å². The molecule has 98 valence electrons. The van der Waals surface area contributed by atoms with E-state index in [9.17, 15) is 9.90 Å². The minimum Gasteiger partial charge on any atom is -0.393 e. The Morgan fingerprint density at radius 1 is 1.41 bits per heavy atom. The zero-order valence-electron chi connectivity index (χ0n) is 11.1. The predicted octanol–water partition coefficient (Wildman–Crippen LogP) is 0.604. The summed E-state index contributed by atoms with van der Waals surface area (Å²) in [6.07, 6.45) is 1.78. The molecule has 2 N–H and O–H groups in total. The van der Waals surface area contributed by atoms with E-state index in [1.54, 1.807) is 0 Å². The zero-order chi connectivity index (χ0) is 12.6. The zero-order valence-corrected chi connectivity index (χ0v) is 11.1. The Bertz CT molecular complexity index is 304. The van der Waals surface area contributed by atoms with Crippen LogP contribution in [0.15, 0.2) is 0 Å². The van der Waals surface area contributed by atoms with Gasteiger partial charge in [0.05, 0.1) is 11.6 Å². The fourth-order valence-electron chi connectivity index (χ4n) is 3.32. The van der Waals surface area contributed by atoms with Crippen molar-refractivity contribution in [1.82, 2.24) is 10.2 Å². The molecule has 0 spiro atoms. The van der Waals surface area contributed by atoms with E-state index in [-0.39, 0.29) is 12.0 Å². The van der Waals surface area contributed by atoms with Crippen LogP contribution in [0, 0.1) is 11.8 Å². The number of amides is 1. The fourth-order valence-corrected chi connectivity index (χ4v) is 3.32. The number of carbonyl (C=O) groups excluding carboxylic acids is 1. The molecule has 4 nitrogen and oxygen atoms in total. The Morgan fingerprint density at radius 2 is 2.12 bits per heavy atom. The van der Waals surface area contributed by atoms with Crippen LogP contribution in [0.25, 0.3) is 0 Å². The molecule has 3 atom stereocenters. The van der Waals surface area contributed by atoms with Crippen LogP contribution in [0.1, 0.15) is 33.6 Å². The maximum Gasteiger partial charge on any atom is 0.242 e. The summed E-state index contributed by atoms with van der Waals surface area (Å²) >= 11 is 0. The number of hydrogen-bond donors (Lipinski definition) is 2. The van der Waals surface area contributed by atoms with Crippen LogP contribution in [-0.4, -0.2) is 47.2 Å². The van der Waals surface area contributed by atoms with Gasteiger partial charge in [-0.3, -0.25) is 4.79 Å². The maximum atomic E-state index is 12.4. The first-order chi connectivity index (χ1) is 7.95. The first kappa shape index (κ1) is 12.8. The number of hydrogen-bond acceptors (Lipinski definition) is 3. The molecule has 2 fully saturated rings. The highest BCUT2D eigenvalue weighted by Gasteiger charge is 2.45. The van der Waals surface area contributed by atoms with E-state index < -0.39 is 5.54 Å². The number of aliphatic hydroxyl groups excluding tert-OH is 1. The van der Waals surface area contributed by atoms with Gasteiger partial charge in [0.15, 0.2) is 0 Å². The van der Waals surface area contributed by atoms with Gasteiger partial charge in [0.25, 0.3) is 0 Å². The molecule has 0 aromatic heterocycles. The molecular weight excluding hydrogens is 216 g/mol. The van der Waals surface area contributed by atoms with Gasteiger partial charge in [-0.25, -0.2) is 0 Å². The first-order valence-corrected chi connectivity index (χ1v) is 6.68. The lowest BCUT2D eigenvalue weighted by atomic mass is 10.00. The summed E-state index contributed by atoms with van der Waals surface area (Å²) in [5.41, 5.74) is -0.488. The highest BCUT2D eigenvalue weighted by molar-refractivity contribution is 5.85. The van der Waals surface area contributed by atoms with Crippen LogP contribution in [0.4, 0.5) is 0 Å². The number of fused-ring (bicyclic) bond motifs is 1. The molecule has 0 bridgehead atoms. The molecule has 1 amide bonds. The lowest BCUT2D eigenvalue weighted by Gasteiger charge is -2.30. The Morgan fingerprint density at radius 3 is 2.71 bits per heavy atom. The summed E-state index contributed by atoms with van der Waals surface area (Å²) in [6, 6.07) is 0. The topological polar surface area (TPSA) is 52.6 Å². The molecule has 3 unspecified atom stereocenters. The van der Waals surface area contributed by atoms with Crippen molar-refractivity contribution >= 4 is 5.91 Å². The van der Waals surface area contributed by atoms with Gasteiger partial charge in [-0.1, -0.05) is 6.92 Å². The number of aliphatic hydroxyl groups is 1. The maximum absolute atomic E-state index is 12.4. The normalized spacial score (nSPS) is 32.9. The molecule has 4 heteroatoms. The van der Waals surface area contributed by atoms with Gasteiger partial charge in [-0.05, 0) is 39.2 Å². The second-order valence-corrected chi connectivity index (χ2v) is 5.93. The van der Waals surface area contributed by atoms with E-state index in [1.165, 1.54) is 0 Å². The number of carbonyl (C=O) groups is 1. The highest BCUT2D eigenvalue weighted by Crippen LogP contribution is 2.38. The van der Waals surface area contributed by atoms with E-state index in [4.69, 9.17) is 0 Å². The summed E-state index contributed by atoms with van der Waals surface area (Å²) in [4.78, 5) is 14.3. The van der Waals surface area contributed by atoms with E-state index in [0.29, 0.717) is 11.8 Å². The second kappa shape index (κ2) is 4.58. The van der Waals surface area contributed by atoms with Gasteiger partial charge in [0.2, 0.25) is 5.91 Å². The summed E-state index contributed by atoms with van der Waals surface area (Å²) in [5.74, 6) is 1.00. The highest BCUT2D eigenvalue weighted by atomic mass is 16.3. The van der Waals surface area contributed by atoms with Crippen LogP contribution in [0.5, 0.6) is 0 Å². The van der Waals surface area contributed by atoms with E-state index in [1.807, 2.05) is 25.7 Å². The lowest BCUT2D eigenvalue weighted by molar-refractivity contribution is -0.136. The van der Waals surface area contributed by atoms with Crippen LogP contribution in [0.3, 0.4) is 0 Å². The van der Waals surface area contributed by atoms with Gasteiger partial charge in [-0.2, -0.15) is 0 Å². The minimum atomic E-state index is -0.488. The van der Waals surface area contributed by atoms with Gasteiger partial charge >= 0.3 is 0 Å². The monoisotopic (exact) mass is 240 g/mol. The number of likely N-dealkylation sites (N-methyl/N-ethyl adjacent to an activating group) is 1. The summed E-state index contributed by atoms with van der Waals surface area (Å²) in [7, 11) is 0. The third kappa shape index (κ3) is 2.33. The van der Waals surface area contributed by atoms with Crippen molar-refractivity contribution in [2.75, 3.05) is 19.6 Å². The summed E-state index contributed by atoms with van der Waals surface area (Å²) in [6.45, 7) is 8.24. The molecule has 1 saturated carbocycles.